The molecule has 0 fully saturated rings. The molecule has 0 atom stereocenters. The van der Waals surface area contributed by atoms with Gasteiger partial charge in [0.2, 0.25) is 5.91 Å². The Kier molecular flexibility index (Phi) is 4.77. The molecule has 0 unspecified atom stereocenters. The van der Waals surface area contributed by atoms with Crippen LogP contribution in [0, 0.1) is 5.41 Å². The number of aliphatic carboxylic acids is 1. The van der Waals surface area contributed by atoms with Crippen molar-refractivity contribution in [3.63, 3.8) is 0 Å². The topological polar surface area (TPSA) is 92.7 Å². The van der Waals surface area contributed by atoms with E-state index in [9.17, 15) is 14.4 Å². The number of esters is 1. The third-order valence-electron chi connectivity index (χ3n) is 1.78. The van der Waals surface area contributed by atoms with Gasteiger partial charge in [0, 0.05) is 6.42 Å². The van der Waals surface area contributed by atoms with Gasteiger partial charge in [0.05, 0.1) is 12.5 Å². The highest BCUT2D eigenvalue weighted by molar-refractivity contribution is 5.86. The molecule has 0 spiro atoms. The molecule has 0 aliphatic heterocycles. The van der Waals surface area contributed by atoms with E-state index in [2.05, 4.69) is 10.1 Å². The van der Waals surface area contributed by atoms with Crippen LogP contribution in [0.1, 0.15) is 20.3 Å². The van der Waals surface area contributed by atoms with E-state index in [1.165, 1.54) is 7.11 Å². The van der Waals surface area contributed by atoms with Gasteiger partial charge in [-0.15, -0.1) is 0 Å². The third kappa shape index (κ3) is 4.99. The molecular weight excluding hydrogens is 202 g/mol. The van der Waals surface area contributed by atoms with E-state index in [0.717, 1.165) is 0 Å². The predicted octanol–water partition coefficient (Wildman–Crippen LogP) is -0.223. The molecule has 0 saturated heterocycles. The SMILES string of the molecule is COC(=O)C(C)(C)CC(=O)NCC(=O)O. The molecule has 0 aliphatic rings. The Morgan fingerprint density at radius 2 is 1.87 bits per heavy atom. The average molecular weight is 217 g/mol. The van der Waals surface area contributed by atoms with E-state index in [-0.39, 0.29) is 6.42 Å². The van der Waals surface area contributed by atoms with Crippen LogP contribution in [0.4, 0.5) is 0 Å². The normalized spacial score (nSPS) is 10.6. The smallest absolute Gasteiger partial charge is 0.322 e. The highest BCUT2D eigenvalue weighted by Crippen LogP contribution is 2.21. The number of ether oxygens (including phenoxy) is 1. The number of hydrogen-bond acceptors (Lipinski definition) is 4. The lowest BCUT2D eigenvalue weighted by Gasteiger charge is -2.20. The molecule has 0 saturated carbocycles. The van der Waals surface area contributed by atoms with Gasteiger partial charge >= 0.3 is 11.9 Å². The molecule has 0 aromatic carbocycles. The summed E-state index contributed by atoms with van der Waals surface area (Å²) in [4.78, 5) is 32.5. The number of rotatable bonds is 5. The first-order valence-electron chi connectivity index (χ1n) is 4.36. The van der Waals surface area contributed by atoms with Crippen molar-refractivity contribution >= 4 is 17.8 Å². The molecule has 2 N–H and O–H groups in total. The van der Waals surface area contributed by atoms with Gasteiger partial charge in [-0.05, 0) is 13.8 Å². The first-order chi connectivity index (χ1) is 6.79. The molecule has 0 rings (SSSR count). The minimum Gasteiger partial charge on any atom is -0.480 e. The fourth-order valence-electron chi connectivity index (χ4n) is 0.987. The largest absolute Gasteiger partial charge is 0.480 e. The number of methoxy groups -OCH3 is 1. The molecule has 0 heterocycles. The zero-order valence-corrected chi connectivity index (χ0v) is 8.99. The Balaban J connectivity index is 4.16. The van der Waals surface area contributed by atoms with E-state index in [4.69, 9.17) is 5.11 Å². The zero-order chi connectivity index (χ0) is 12.1. The standard InChI is InChI=1S/C9H15NO5/c1-9(2,8(14)15-3)4-6(11)10-5-7(12)13/h4-5H2,1-3H3,(H,10,11)(H,12,13). The van der Waals surface area contributed by atoms with Crippen molar-refractivity contribution < 1.29 is 24.2 Å². The molecule has 0 aromatic rings. The Hall–Kier alpha value is -1.59. The second-order valence-electron chi connectivity index (χ2n) is 3.72. The van der Waals surface area contributed by atoms with Gasteiger partial charge in [-0.2, -0.15) is 0 Å². The number of hydrogen-bond donors (Lipinski definition) is 2. The first-order valence-corrected chi connectivity index (χ1v) is 4.36. The van der Waals surface area contributed by atoms with E-state index in [1.807, 2.05) is 0 Å². The lowest BCUT2D eigenvalue weighted by atomic mass is 9.89. The average Bonchev–Trinajstić information content (AvgIpc) is 2.12. The number of nitrogens with one attached hydrogen (secondary N) is 1. The lowest BCUT2D eigenvalue weighted by Crippen LogP contribution is -2.36. The summed E-state index contributed by atoms with van der Waals surface area (Å²) in [5.41, 5.74) is -0.947. The number of carbonyl (C=O) groups excluding carboxylic acids is 2. The lowest BCUT2D eigenvalue weighted by molar-refractivity contribution is -0.153. The minimum absolute atomic E-state index is 0.104. The summed E-state index contributed by atoms with van der Waals surface area (Å²) in [5.74, 6) is -2.13. The zero-order valence-electron chi connectivity index (χ0n) is 8.99. The van der Waals surface area contributed by atoms with Gasteiger partial charge in [0.25, 0.3) is 0 Å². The fraction of sp³-hybridized carbons (Fsp3) is 0.667. The summed E-state index contributed by atoms with van der Waals surface area (Å²) in [6.07, 6.45) is -0.104. The Morgan fingerprint density at radius 3 is 2.27 bits per heavy atom. The number of carbonyl (C=O) groups is 3. The van der Waals surface area contributed by atoms with Crippen LogP contribution in [0.25, 0.3) is 0 Å². The summed E-state index contributed by atoms with van der Waals surface area (Å²) in [7, 11) is 1.24. The summed E-state index contributed by atoms with van der Waals surface area (Å²) >= 11 is 0. The molecule has 0 radical (unpaired) electrons. The van der Waals surface area contributed by atoms with Crippen LogP contribution >= 0.6 is 0 Å². The van der Waals surface area contributed by atoms with Crippen molar-refractivity contribution in [1.82, 2.24) is 5.32 Å². The predicted molar refractivity (Wildman–Crippen MR) is 51.1 cm³/mol. The van der Waals surface area contributed by atoms with Crippen LogP contribution in [0.5, 0.6) is 0 Å². The van der Waals surface area contributed by atoms with E-state index < -0.39 is 29.8 Å². The quantitative estimate of drug-likeness (QED) is 0.621. The van der Waals surface area contributed by atoms with Crippen molar-refractivity contribution in [3.8, 4) is 0 Å². The van der Waals surface area contributed by atoms with E-state index in [1.54, 1.807) is 13.8 Å². The molecule has 0 aliphatic carbocycles. The van der Waals surface area contributed by atoms with Gasteiger partial charge in [0.1, 0.15) is 6.54 Å². The molecule has 6 heteroatoms. The molecular formula is C9H15NO5. The molecule has 6 nitrogen and oxygen atoms in total. The number of carboxylic acids is 1. The van der Waals surface area contributed by atoms with Crippen LogP contribution < -0.4 is 5.32 Å². The van der Waals surface area contributed by atoms with Crippen LogP contribution in [-0.4, -0.2) is 36.6 Å². The van der Waals surface area contributed by atoms with Crippen molar-refractivity contribution in [2.75, 3.05) is 13.7 Å². The maximum atomic E-state index is 11.2. The van der Waals surface area contributed by atoms with Crippen molar-refractivity contribution in [2.45, 2.75) is 20.3 Å². The van der Waals surface area contributed by atoms with E-state index >= 15 is 0 Å². The molecule has 0 bridgehead atoms. The van der Waals surface area contributed by atoms with Crippen molar-refractivity contribution in [1.29, 1.82) is 0 Å². The highest BCUT2D eigenvalue weighted by Gasteiger charge is 2.31. The van der Waals surface area contributed by atoms with Crippen LogP contribution in [-0.2, 0) is 19.1 Å². The van der Waals surface area contributed by atoms with Crippen LogP contribution in [0.3, 0.4) is 0 Å². The van der Waals surface area contributed by atoms with Gasteiger partial charge in [-0.3, -0.25) is 14.4 Å². The fourth-order valence-corrected chi connectivity index (χ4v) is 0.987. The minimum atomic E-state index is -1.13. The maximum Gasteiger partial charge on any atom is 0.322 e. The molecule has 0 aromatic heterocycles. The molecule has 86 valence electrons. The Bertz CT molecular complexity index is 272. The van der Waals surface area contributed by atoms with Gasteiger partial charge in [0.15, 0.2) is 0 Å². The second kappa shape index (κ2) is 5.33. The highest BCUT2D eigenvalue weighted by atomic mass is 16.5. The van der Waals surface area contributed by atoms with Crippen molar-refractivity contribution in [2.24, 2.45) is 5.41 Å². The summed E-state index contributed by atoms with van der Waals surface area (Å²) in [6.45, 7) is 2.66. The van der Waals surface area contributed by atoms with Gasteiger partial charge < -0.3 is 15.2 Å². The third-order valence-corrected chi connectivity index (χ3v) is 1.78. The van der Waals surface area contributed by atoms with Crippen LogP contribution in [0.2, 0.25) is 0 Å². The summed E-state index contributed by atoms with van der Waals surface area (Å²) in [6, 6.07) is 0. The van der Waals surface area contributed by atoms with Crippen molar-refractivity contribution in [3.05, 3.63) is 0 Å². The summed E-state index contributed by atoms with van der Waals surface area (Å²) in [5, 5.41) is 10.5. The maximum absolute atomic E-state index is 11.2. The van der Waals surface area contributed by atoms with Crippen LogP contribution in [0.15, 0.2) is 0 Å². The number of amides is 1. The van der Waals surface area contributed by atoms with Gasteiger partial charge in [-0.25, -0.2) is 0 Å². The first kappa shape index (κ1) is 13.4. The number of carboxylic acid groups (broad SMARTS) is 1. The monoisotopic (exact) mass is 217 g/mol. The molecule has 1 amide bonds. The second-order valence-corrected chi connectivity index (χ2v) is 3.72. The van der Waals surface area contributed by atoms with Gasteiger partial charge in [-0.1, -0.05) is 0 Å². The molecule has 15 heavy (non-hydrogen) atoms. The van der Waals surface area contributed by atoms with E-state index in [0.29, 0.717) is 0 Å². The Morgan fingerprint density at radius 1 is 1.33 bits per heavy atom. The summed E-state index contributed by atoms with van der Waals surface area (Å²) < 4.78 is 4.51. The Labute approximate surface area is 87.6 Å².